The molecule has 0 spiro atoms. The minimum Gasteiger partial charge on any atom is -0.349 e. The lowest BCUT2D eigenvalue weighted by atomic mass is 10.1. The Bertz CT molecular complexity index is 743. The number of carbonyl (C=O) groups excluding carboxylic acids is 2. The van der Waals surface area contributed by atoms with Gasteiger partial charge in [0.15, 0.2) is 0 Å². The summed E-state index contributed by atoms with van der Waals surface area (Å²) in [5.74, 6) is -2.44. The second-order valence-corrected chi connectivity index (χ2v) is 4.65. The molecule has 23 heavy (non-hydrogen) atoms. The Morgan fingerprint density at radius 3 is 2.17 bits per heavy atom. The first-order valence-corrected chi connectivity index (χ1v) is 6.77. The highest BCUT2D eigenvalue weighted by Gasteiger charge is 2.11. The molecule has 0 aliphatic carbocycles. The number of anilines is 1. The standard InChI is InChI=1S/C17H14F2N2O2/c1-2-9-20-16(22)11-3-5-12(6-4-11)17(23)21-15-8-7-13(18)10-14(15)19/h2-8,10H,1,9H2,(H,20,22)(H,21,23). The quantitative estimate of drug-likeness (QED) is 0.833. The maximum atomic E-state index is 13.5. The average Bonchev–Trinajstić information content (AvgIpc) is 2.55. The van der Waals surface area contributed by atoms with Crippen LogP contribution in [0.15, 0.2) is 55.1 Å². The summed E-state index contributed by atoms with van der Waals surface area (Å²) in [5.41, 5.74) is 0.509. The molecule has 0 atom stereocenters. The summed E-state index contributed by atoms with van der Waals surface area (Å²) >= 11 is 0. The molecule has 4 nitrogen and oxygen atoms in total. The van der Waals surface area contributed by atoms with Crippen molar-refractivity contribution in [3.63, 3.8) is 0 Å². The lowest BCUT2D eigenvalue weighted by Gasteiger charge is -2.07. The fraction of sp³-hybridized carbons (Fsp3) is 0.0588. The van der Waals surface area contributed by atoms with Crippen molar-refractivity contribution in [1.82, 2.24) is 5.32 Å². The third kappa shape index (κ3) is 4.23. The van der Waals surface area contributed by atoms with E-state index in [1.54, 1.807) is 6.08 Å². The summed E-state index contributed by atoms with van der Waals surface area (Å²) in [6.45, 7) is 3.83. The SMILES string of the molecule is C=CCNC(=O)c1ccc(C(=O)Nc2ccc(F)cc2F)cc1. The van der Waals surface area contributed by atoms with Crippen LogP contribution in [0.3, 0.4) is 0 Å². The van der Waals surface area contributed by atoms with Crippen molar-refractivity contribution < 1.29 is 18.4 Å². The van der Waals surface area contributed by atoms with Crippen LogP contribution in [0.25, 0.3) is 0 Å². The summed E-state index contributed by atoms with van der Waals surface area (Å²) in [7, 11) is 0. The molecule has 0 bridgehead atoms. The smallest absolute Gasteiger partial charge is 0.255 e. The van der Waals surface area contributed by atoms with Crippen molar-refractivity contribution in [2.45, 2.75) is 0 Å². The molecule has 2 aromatic carbocycles. The number of rotatable bonds is 5. The van der Waals surface area contributed by atoms with E-state index >= 15 is 0 Å². The van der Waals surface area contributed by atoms with Gasteiger partial charge in [0.25, 0.3) is 11.8 Å². The summed E-state index contributed by atoms with van der Waals surface area (Å²) in [4.78, 5) is 23.7. The maximum absolute atomic E-state index is 13.5. The average molecular weight is 316 g/mol. The largest absolute Gasteiger partial charge is 0.349 e. The molecule has 0 aromatic heterocycles. The fourth-order valence-corrected chi connectivity index (χ4v) is 1.83. The molecule has 6 heteroatoms. The molecule has 0 saturated heterocycles. The van der Waals surface area contributed by atoms with Crippen LogP contribution in [0.2, 0.25) is 0 Å². The van der Waals surface area contributed by atoms with E-state index < -0.39 is 17.5 Å². The summed E-state index contributed by atoms with van der Waals surface area (Å²) in [6, 6.07) is 8.72. The first kappa shape index (κ1) is 16.4. The van der Waals surface area contributed by atoms with Gasteiger partial charge in [0.05, 0.1) is 5.69 Å². The molecule has 2 amide bonds. The van der Waals surface area contributed by atoms with Crippen molar-refractivity contribution in [2.75, 3.05) is 11.9 Å². The number of halogens is 2. The molecule has 118 valence electrons. The number of amides is 2. The van der Waals surface area contributed by atoms with Crippen LogP contribution in [0.4, 0.5) is 14.5 Å². The van der Waals surface area contributed by atoms with E-state index in [0.717, 1.165) is 12.1 Å². The predicted molar refractivity (Wildman–Crippen MR) is 83.3 cm³/mol. The second kappa shape index (κ2) is 7.31. The maximum Gasteiger partial charge on any atom is 0.255 e. The van der Waals surface area contributed by atoms with Crippen LogP contribution in [0, 0.1) is 11.6 Å². The van der Waals surface area contributed by atoms with Crippen molar-refractivity contribution in [2.24, 2.45) is 0 Å². The van der Waals surface area contributed by atoms with E-state index in [1.807, 2.05) is 0 Å². The number of hydrogen-bond donors (Lipinski definition) is 2. The van der Waals surface area contributed by atoms with Gasteiger partial charge in [0.2, 0.25) is 0 Å². The van der Waals surface area contributed by atoms with Crippen LogP contribution < -0.4 is 10.6 Å². The Kier molecular flexibility index (Phi) is 5.19. The van der Waals surface area contributed by atoms with Gasteiger partial charge in [-0.05, 0) is 36.4 Å². The Labute approximate surface area is 131 Å². The van der Waals surface area contributed by atoms with Gasteiger partial charge in [-0.1, -0.05) is 6.08 Å². The molecule has 2 rings (SSSR count). The van der Waals surface area contributed by atoms with E-state index in [2.05, 4.69) is 17.2 Å². The van der Waals surface area contributed by atoms with Gasteiger partial charge in [-0.25, -0.2) is 8.78 Å². The Hall–Kier alpha value is -3.02. The van der Waals surface area contributed by atoms with Crippen molar-refractivity contribution in [3.05, 3.63) is 77.9 Å². The molecule has 0 saturated carbocycles. The van der Waals surface area contributed by atoms with Crippen molar-refractivity contribution >= 4 is 17.5 Å². The summed E-state index contributed by atoms with van der Waals surface area (Å²) in [5, 5.41) is 4.95. The fourth-order valence-electron chi connectivity index (χ4n) is 1.83. The van der Waals surface area contributed by atoms with Gasteiger partial charge < -0.3 is 10.6 Å². The Morgan fingerprint density at radius 2 is 1.61 bits per heavy atom. The van der Waals surface area contributed by atoms with Crippen molar-refractivity contribution in [3.8, 4) is 0 Å². The first-order valence-electron chi connectivity index (χ1n) is 6.77. The van der Waals surface area contributed by atoms with E-state index in [0.29, 0.717) is 18.2 Å². The first-order chi connectivity index (χ1) is 11.0. The van der Waals surface area contributed by atoms with Gasteiger partial charge in [-0.15, -0.1) is 6.58 Å². The van der Waals surface area contributed by atoms with E-state index in [4.69, 9.17) is 0 Å². The monoisotopic (exact) mass is 316 g/mol. The predicted octanol–water partition coefficient (Wildman–Crippen LogP) is 3.13. The highest BCUT2D eigenvalue weighted by molar-refractivity contribution is 6.05. The molecule has 0 aliphatic rings. The van der Waals surface area contributed by atoms with Gasteiger partial charge in [-0.3, -0.25) is 9.59 Å². The van der Waals surface area contributed by atoms with E-state index in [9.17, 15) is 18.4 Å². The lowest BCUT2D eigenvalue weighted by Crippen LogP contribution is -2.23. The molecule has 0 heterocycles. The molecular formula is C17H14F2N2O2. The topological polar surface area (TPSA) is 58.2 Å². The Morgan fingerprint density at radius 1 is 1.00 bits per heavy atom. The molecule has 0 radical (unpaired) electrons. The Balaban J connectivity index is 2.08. The zero-order valence-corrected chi connectivity index (χ0v) is 12.1. The third-order valence-electron chi connectivity index (χ3n) is 3.00. The molecule has 2 aromatic rings. The number of carbonyl (C=O) groups is 2. The van der Waals surface area contributed by atoms with Crippen LogP contribution in [-0.4, -0.2) is 18.4 Å². The molecule has 0 aliphatic heterocycles. The molecule has 2 N–H and O–H groups in total. The van der Waals surface area contributed by atoms with Crippen LogP contribution in [-0.2, 0) is 0 Å². The zero-order chi connectivity index (χ0) is 16.8. The molecule has 0 fully saturated rings. The van der Waals surface area contributed by atoms with Crippen LogP contribution >= 0.6 is 0 Å². The number of benzene rings is 2. The minimum absolute atomic E-state index is 0.121. The van der Waals surface area contributed by atoms with E-state index in [1.165, 1.54) is 24.3 Å². The van der Waals surface area contributed by atoms with Crippen molar-refractivity contribution in [1.29, 1.82) is 0 Å². The van der Waals surface area contributed by atoms with Crippen LogP contribution in [0.5, 0.6) is 0 Å². The number of nitrogens with one attached hydrogen (secondary N) is 2. The third-order valence-corrected chi connectivity index (χ3v) is 3.00. The normalized spacial score (nSPS) is 10.0. The van der Waals surface area contributed by atoms with Crippen LogP contribution in [0.1, 0.15) is 20.7 Å². The van der Waals surface area contributed by atoms with Gasteiger partial charge in [0.1, 0.15) is 11.6 Å². The zero-order valence-electron chi connectivity index (χ0n) is 12.1. The van der Waals surface area contributed by atoms with Gasteiger partial charge in [0, 0.05) is 23.7 Å². The van der Waals surface area contributed by atoms with Gasteiger partial charge in [-0.2, -0.15) is 0 Å². The van der Waals surface area contributed by atoms with E-state index in [-0.39, 0.29) is 17.2 Å². The second-order valence-electron chi connectivity index (χ2n) is 4.65. The number of hydrogen-bond acceptors (Lipinski definition) is 2. The minimum atomic E-state index is -0.862. The molecular weight excluding hydrogens is 302 g/mol. The lowest BCUT2D eigenvalue weighted by molar-refractivity contribution is 0.0956. The highest BCUT2D eigenvalue weighted by atomic mass is 19.1. The summed E-state index contributed by atoms with van der Waals surface area (Å²) < 4.78 is 26.3. The highest BCUT2D eigenvalue weighted by Crippen LogP contribution is 2.16. The van der Waals surface area contributed by atoms with Gasteiger partial charge >= 0.3 is 0 Å². The molecule has 0 unspecified atom stereocenters. The summed E-state index contributed by atoms with van der Waals surface area (Å²) in [6.07, 6.45) is 1.55.